The molecule has 0 fully saturated rings. The molecule has 0 aliphatic carbocycles. The Morgan fingerprint density at radius 2 is 2.04 bits per heavy atom. The van der Waals surface area contributed by atoms with Crippen molar-refractivity contribution in [3.63, 3.8) is 0 Å². The van der Waals surface area contributed by atoms with Crippen LogP contribution >= 0.6 is 22.7 Å². The van der Waals surface area contributed by atoms with Crippen LogP contribution in [0.2, 0.25) is 0 Å². The molecule has 0 saturated heterocycles. The van der Waals surface area contributed by atoms with Crippen LogP contribution in [0, 0.1) is 0 Å². The molecule has 4 rings (SSSR count). The van der Waals surface area contributed by atoms with Gasteiger partial charge in [-0.05, 0) is 23.4 Å². The fraction of sp³-hybridized carbons (Fsp3) is 0.167. The molecule has 0 radical (unpaired) electrons. The second-order valence-corrected chi connectivity index (χ2v) is 7.36. The SMILES string of the molecule is CCc1cc[n+](Cc2nc3scc(-c4cccs4)c3c(=O)[nH]2)cc1. The molecule has 0 spiro atoms. The Bertz CT molecular complexity index is 1030. The Labute approximate surface area is 147 Å². The molecule has 0 amide bonds. The van der Waals surface area contributed by atoms with Gasteiger partial charge in [0.1, 0.15) is 4.83 Å². The second-order valence-electron chi connectivity index (χ2n) is 5.55. The lowest BCUT2D eigenvalue weighted by Crippen LogP contribution is -2.35. The van der Waals surface area contributed by atoms with Crippen LogP contribution in [0.4, 0.5) is 0 Å². The van der Waals surface area contributed by atoms with E-state index in [9.17, 15) is 4.79 Å². The number of H-pyrrole nitrogens is 1. The number of aryl methyl sites for hydroxylation is 1. The van der Waals surface area contributed by atoms with Crippen LogP contribution in [0.25, 0.3) is 20.7 Å². The van der Waals surface area contributed by atoms with Gasteiger partial charge in [-0.1, -0.05) is 13.0 Å². The molecule has 120 valence electrons. The smallest absolute Gasteiger partial charge is 0.260 e. The fourth-order valence-electron chi connectivity index (χ4n) is 2.68. The quantitative estimate of drug-likeness (QED) is 0.569. The molecule has 24 heavy (non-hydrogen) atoms. The summed E-state index contributed by atoms with van der Waals surface area (Å²) >= 11 is 3.16. The Morgan fingerprint density at radius 1 is 1.21 bits per heavy atom. The van der Waals surface area contributed by atoms with E-state index in [-0.39, 0.29) is 5.56 Å². The minimum Gasteiger partial charge on any atom is -0.305 e. The second kappa shape index (κ2) is 6.30. The standard InChI is InChI=1S/C18H15N3OS2/c1-2-12-5-7-21(8-6-12)10-15-19-17(22)16-13(11-24-18(16)20-15)14-4-3-9-23-14/h3-9,11H,2,10H2,1H3/p+1. The van der Waals surface area contributed by atoms with E-state index in [0.29, 0.717) is 17.8 Å². The predicted molar refractivity (Wildman–Crippen MR) is 98.7 cm³/mol. The molecule has 0 bridgehead atoms. The molecule has 0 unspecified atom stereocenters. The zero-order valence-electron chi connectivity index (χ0n) is 13.2. The Balaban J connectivity index is 1.72. The lowest BCUT2D eigenvalue weighted by atomic mass is 10.2. The summed E-state index contributed by atoms with van der Waals surface area (Å²) in [6.45, 7) is 2.69. The molecule has 4 heterocycles. The maximum atomic E-state index is 12.6. The van der Waals surface area contributed by atoms with Gasteiger partial charge in [-0.3, -0.25) is 4.79 Å². The third kappa shape index (κ3) is 2.79. The number of nitrogens with one attached hydrogen (secondary N) is 1. The molecular formula is C18H16N3OS2+. The van der Waals surface area contributed by atoms with E-state index in [1.54, 1.807) is 11.3 Å². The molecule has 0 atom stereocenters. The first-order chi connectivity index (χ1) is 11.7. The summed E-state index contributed by atoms with van der Waals surface area (Å²) in [4.78, 5) is 22.1. The van der Waals surface area contributed by atoms with Gasteiger partial charge in [0.15, 0.2) is 18.2 Å². The van der Waals surface area contributed by atoms with Gasteiger partial charge in [-0.25, -0.2) is 4.98 Å². The van der Waals surface area contributed by atoms with Crippen molar-refractivity contribution in [2.45, 2.75) is 19.9 Å². The Kier molecular flexibility index (Phi) is 4.00. The third-order valence-corrected chi connectivity index (χ3v) is 5.76. The molecule has 0 aliphatic heterocycles. The maximum absolute atomic E-state index is 12.6. The van der Waals surface area contributed by atoms with Crippen molar-refractivity contribution < 1.29 is 4.57 Å². The zero-order valence-corrected chi connectivity index (χ0v) is 14.8. The zero-order chi connectivity index (χ0) is 16.5. The molecule has 4 aromatic heterocycles. The number of thiophene rings is 2. The largest absolute Gasteiger partial charge is 0.305 e. The van der Waals surface area contributed by atoms with Crippen molar-refractivity contribution in [2.75, 3.05) is 0 Å². The number of nitrogens with zero attached hydrogens (tertiary/aromatic N) is 2. The topological polar surface area (TPSA) is 49.6 Å². The summed E-state index contributed by atoms with van der Waals surface area (Å²) in [5, 5.41) is 4.73. The van der Waals surface area contributed by atoms with Crippen LogP contribution < -0.4 is 10.1 Å². The highest BCUT2D eigenvalue weighted by molar-refractivity contribution is 7.18. The minimum atomic E-state index is -0.0644. The Morgan fingerprint density at radius 3 is 2.75 bits per heavy atom. The monoisotopic (exact) mass is 354 g/mol. The highest BCUT2D eigenvalue weighted by Crippen LogP contribution is 2.33. The summed E-state index contributed by atoms with van der Waals surface area (Å²) in [6.07, 6.45) is 5.06. The van der Waals surface area contributed by atoms with E-state index in [4.69, 9.17) is 0 Å². The molecule has 4 nitrogen and oxygen atoms in total. The van der Waals surface area contributed by atoms with Gasteiger partial charge in [0, 0.05) is 28.0 Å². The van der Waals surface area contributed by atoms with E-state index < -0.39 is 0 Å². The van der Waals surface area contributed by atoms with Gasteiger partial charge in [0.05, 0.1) is 5.39 Å². The van der Waals surface area contributed by atoms with Crippen molar-refractivity contribution in [3.8, 4) is 10.4 Å². The highest BCUT2D eigenvalue weighted by atomic mass is 32.1. The van der Waals surface area contributed by atoms with Gasteiger partial charge in [-0.2, -0.15) is 4.57 Å². The number of fused-ring (bicyclic) bond motifs is 1. The first kappa shape index (κ1) is 15.2. The van der Waals surface area contributed by atoms with Gasteiger partial charge < -0.3 is 4.98 Å². The van der Waals surface area contributed by atoms with Gasteiger partial charge in [0.2, 0.25) is 6.54 Å². The predicted octanol–water partition coefficient (Wildman–Crippen LogP) is 3.61. The van der Waals surface area contributed by atoms with Crippen LogP contribution in [0.15, 0.2) is 52.2 Å². The number of aromatic amines is 1. The maximum Gasteiger partial charge on any atom is 0.260 e. The summed E-state index contributed by atoms with van der Waals surface area (Å²) in [6, 6.07) is 8.22. The van der Waals surface area contributed by atoms with Crippen LogP contribution in [-0.2, 0) is 13.0 Å². The van der Waals surface area contributed by atoms with E-state index in [1.807, 2.05) is 39.9 Å². The molecule has 0 saturated carbocycles. The first-order valence-electron chi connectivity index (χ1n) is 7.77. The number of hydrogen-bond acceptors (Lipinski definition) is 4. The summed E-state index contributed by atoms with van der Waals surface area (Å²) < 4.78 is 2.02. The minimum absolute atomic E-state index is 0.0644. The molecule has 1 N–H and O–H groups in total. The number of hydrogen-bond donors (Lipinski definition) is 1. The normalized spacial score (nSPS) is 11.2. The van der Waals surface area contributed by atoms with E-state index in [0.717, 1.165) is 21.7 Å². The number of aromatic nitrogens is 3. The van der Waals surface area contributed by atoms with Crippen LogP contribution in [0.3, 0.4) is 0 Å². The Hall–Kier alpha value is -2.31. The fourth-order valence-corrected chi connectivity index (χ4v) is 4.46. The summed E-state index contributed by atoms with van der Waals surface area (Å²) in [7, 11) is 0. The van der Waals surface area contributed by atoms with Crippen molar-refractivity contribution in [1.29, 1.82) is 0 Å². The molecular weight excluding hydrogens is 338 g/mol. The number of pyridine rings is 1. The van der Waals surface area contributed by atoms with Gasteiger partial charge in [-0.15, -0.1) is 22.7 Å². The van der Waals surface area contributed by atoms with Crippen LogP contribution in [0.1, 0.15) is 18.3 Å². The van der Waals surface area contributed by atoms with Gasteiger partial charge >= 0.3 is 0 Å². The van der Waals surface area contributed by atoms with Crippen molar-refractivity contribution >= 4 is 32.9 Å². The van der Waals surface area contributed by atoms with E-state index in [2.05, 4.69) is 29.0 Å². The molecule has 4 aromatic rings. The summed E-state index contributed by atoms with van der Waals surface area (Å²) in [5.74, 6) is 0.682. The summed E-state index contributed by atoms with van der Waals surface area (Å²) in [5.41, 5.74) is 2.21. The molecule has 6 heteroatoms. The third-order valence-electron chi connectivity index (χ3n) is 3.98. The number of rotatable bonds is 4. The van der Waals surface area contributed by atoms with Crippen molar-refractivity contribution in [2.24, 2.45) is 0 Å². The van der Waals surface area contributed by atoms with Crippen LogP contribution in [-0.4, -0.2) is 9.97 Å². The van der Waals surface area contributed by atoms with Gasteiger partial charge in [0.25, 0.3) is 5.56 Å². The lowest BCUT2D eigenvalue weighted by molar-refractivity contribution is -0.689. The highest BCUT2D eigenvalue weighted by Gasteiger charge is 2.15. The molecule has 0 aliphatic rings. The average molecular weight is 354 g/mol. The van der Waals surface area contributed by atoms with E-state index >= 15 is 0 Å². The first-order valence-corrected chi connectivity index (χ1v) is 9.53. The average Bonchev–Trinajstić information content (AvgIpc) is 3.24. The van der Waals surface area contributed by atoms with Crippen molar-refractivity contribution in [1.82, 2.24) is 9.97 Å². The van der Waals surface area contributed by atoms with Crippen molar-refractivity contribution in [3.05, 3.63) is 69.2 Å². The van der Waals surface area contributed by atoms with E-state index in [1.165, 1.54) is 16.9 Å². The molecule has 0 aromatic carbocycles. The van der Waals surface area contributed by atoms with Crippen LogP contribution in [0.5, 0.6) is 0 Å². The lowest BCUT2D eigenvalue weighted by Gasteiger charge is -2.00.